The Balaban J connectivity index is 1.80. The van der Waals surface area contributed by atoms with E-state index in [1.165, 1.54) is 21.1 Å². The van der Waals surface area contributed by atoms with Crippen LogP contribution in [0, 0.1) is 25.6 Å². The van der Waals surface area contributed by atoms with Gasteiger partial charge in [-0.25, -0.2) is 17.5 Å². The number of benzene rings is 1. The van der Waals surface area contributed by atoms with E-state index < -0.39 is 10.0 Å². The van der Waals surface area contributed by atoms with Crippen molar-refractivity contribution in [3.05, 3.63) is 41.5 Å². The molecule has 1 aliphatic heterocycles. The van der Waals surface area contributed by atoms with Crippen molar-refractivity contribution in [3.8, 4) is 5.69 Å². The number of carbonyl (C=O) groups excluding carboxylic acids is 1. The Morgan fingerprint density at radius 2 is 1.70 bits per heavy atom. The van der Waals surface area contributed by atoms with Gasteiger partial charge in [-0.15, -0.1) is 0 Å². The van der Waals surface area contributed by atoms with Gasteiger partial charge in [0.2, 0.25) is 15.9 Å². The van der Waals surface area contributed by atoms with Crippen molar-refractivity contribution in [2.45, 2.75) is 57.9 Å². The van der Waals surface area contributed by atoms with Gasteiger partial charge in [0.25, 0.3) is 0 Å². The van der Waals surface area contributed by atoms with E-state index in [0.29, 0.717) is 29.9 Å². The lowest BCUT2D eigenvalue weighted by Gasteiger charge is -2.32. The molecule has 0 saturated carbocycles. The van der Waals surface area contributed by atoms with Gasteiger partial charge in [0.1, 0.15) is 10.7 Å². The number of carbonyl (C=O) groups is 1. The van der Waals surface area contributed by atoms with Gasteiger partial charge in [0, 0.05) is 24.5 Å². The number of rotatable bonds is 4. The van der Waals surface area contributed by atoms with Gasteiger partial charge < -0.3 is 5.32 Å². The topological polar surface area (TPSA) is 84.3 Å². The van der Waals surface area contributed by atoms with Crippen LogP contribution in [0.25, 0.3) is 5.69 Å². The predicted molar refractivity (Wildman–Crippen MR) is 112 cm³/mol. The summed E-state index contributed by atoms with van der Waals surface area (Å²) in [5.74, 6) is -0.595. The molecule has 2 aromatic rings. The maximum absolute atomic E-state index is 13.3. The molecule has 0 unspecified atom stereocenters. The minimum atomic E-state index is -3.76. The Morgan fingerprint density at radius 3 is 2.23 bits per heavy atom. The summed E-state index contributed by atoms with van der Waals surface area (Å²) in [5, 5.41) is 7.35. The number of nitrogens with zero attached hydrogens (tertiary/aromatic N) is 3. The third-order valence-electron chi connectivity index (χ3n) is 5.22. The lowest BCUT2D eigenvalue weighted by molar-refractivity contribution is -0.127. The molecule has 0 radical (unpaired) electrons. The number of nitrogens with one attached hydrogen (secondary N) is 1. The molecular weight excluding hydrogens is 407 g/mol. The fraction of sp³-hybridized carbons (Fsp3) is 0.524. The van der Waals surface area contributed by atoms with Crippen molar-refractivity contribution >= 4 is 15.9 Å². The van der Waals surface area contributed by atoms with Gasteiger partial charge in [-0.05, 0) is 71.7 Å². The van der Waals surface area contributed by atoms with E-state index in [4.69, 9.17) is 0 Å². The quantitative estimate of drug-likeness (QED) is 0.799. The van der Waals surface area contributed by atoms with Gasteiger partial charge in [0.15, 0.2) is 0 Å². The molecule has 0 spiro atoms. The Labute approximate surface area is 177 Å². The molecule has 164 valence electrons. The van der Waals surface area contributed by atoms with Crippen LogP contribution < -0.4 is 5.32 Å². The molecule has 3 rings (SSSR count). The van der Waals surface area contributed by atoms with Gasteiger partial charge in [-0.1, -0.05) is 0 Å². The van der Waals surface area contributed by atoms with Crippen molar-refractivity contribution in [3.63, 3.8) is 0 Å². The molecule has 1 saturated heterocycles. The first-order valence-electron chi connectivity index (χ1n) is 10.0. The van der Waals surface area contributed by atoms with E-state index in [1.807, 2.05) is 20.8 Å². The van der Waals surface area contributed by atoms with E-state index in [9.17, 15) is 17.6 Å². The van der Waals surface area contributed by atoms with Crippen molar-refractivity contribution < 1.29 is 17.6 Å². The van der Waals surface area contributed by atoms with Crippen molar-refractivity contribution in [1.82, 2.24) is 19.4 Å². The first-order chi connectivity index (χ1) is 13.9. The maximum Gasteiger partial charge on any atom is 0.246 e. The molecule has 2 heterocycles. The zero-order valence-electron chi connectivity index (χ0n) is 18.1. The molecule has 1 aromatic heterocycles. The molecular formula is C21H29FN4O3S. The Kier molecular flexibility index (Phi) is 6.06. The van der Waals surface area contributed by atoms with Crippen molar-refractivity contribution in [2.75, 3.05) is 13.1 Å². The number of aryl methyl sites for hydroxylation is 1. The van der Waals surface area contributed by atoms with Gasteiger partial charge >= 0.3 is 0 Å². The third kappa shape index (κ3) is 4.57. The third-order valence-corrected chi connectivity index (χ3v) is 7.37. The lowest BCUT2D eigenvalue weighted by atomic mass is 9.96. The summed E-state index contributed by atoms with van der Waals surface area (Å²) in [6.07, 6.45) is 0.955. The van der Waals surface area contributed by atoms with Crippen LogP contribution in [0.5, 0.6) is 0 Å². The van der Waals surface area contributed by atoms with Crippen LogP contribution in [0.1, 0.15) is 45.0 Å². The predicted octanol–water partition coefficient (Wildman–Crippen LogP) is 2.94. The highest BCUT2D eigenvalue weighted by atomic mass is 32.2. The molecule has 0 atom stereocenters. The number of piperidine rings is 1. The van der Waals surface area contributed by atoms with E-state index in [-0.39, 0.29) is 41.2 Å². The van der Waals surface area contributed by atoms with Crippen LogP contribution >= 0.6 is 0 Å². The SMILES string of the molecule is Cc1nn(-c2ccc(F)cc2)c(C)c1S(=O)(=O)N1CCC(C(=O)NC(C)(C)C)CC1. The van der Waals surface area contributed by atoms with E-state index >= 15 is 0 Å². The molecule has 30 heavy (non-hydrogen) atoms. The molecule has 0 aliphatic carbocycles. The summed E-state index contributed by atoms with van der Waals surface area (Å²) in [4.78, 5) is 12.6. The number of amides is 1. The molecule has 1 fully saturated rings. The van der Waals surface area contributed by atoms with Crippen LogP contribution in [-0.4, -0.2) is 47.0 Å². The first-order valence-corrected chi connectivity index (χ1v) is 11.5. The highest BCUT2D eigenvalue weighted by Gasteiger charge is 2.36. The van der Waals surface area contributed by atoms with E-state index in [2.05, 4.69) is 10.4 Å². The van der Waals surface area contributed by atoms with Gasteiger partial charge in [-0.2, -0.15) is 9.40 Å². The Hall–Kier alpha value is -2.26. The highest BCUT2D eigenvalue weighted by molar-refractivity contribution is 7.89. The summed E-state index contributed by atoms with van der Waals surface area (Å²) in [6.45, 7) is 9.69. The van der Waals surface area contributed by atoms with Crippen LogP contribution in [0.4, 0.5) is 4.39 Å². The fourth-order valence-corrected chi connectivity index (χ4v) is 5.62. The zero-order valence-corrected chi connectivity index (χ0v) is 18.9. The second-order valence-electron chi connectivity index (χ2n) is 8.81. The average Bonchev–Trinajstić information content (AvgIpc) is 2.96. The average molecular weight is 437 g/mol. The number of hydrogen-bond donors (Lipinski definition) is 1. The molecule has 0 bridgehead atoms. The monoisotopic (exact) mass is 436 g/mol. The second-order valence-corrected chi connectivity index (χ2v) is 10.7. The highest BCUT2D eigenvalue weighted by Crippen LogP contribution is 2.29. The molecule has 7 nitrogen and oxygen atoms in total. The van der Waals surface area contributed by atoms with E-state index in [0.717, 1.165) is 0 Å². The minimum Gasteiger partial charge on any atom is -0.351 e. The van der Waals surface area contributed by atoms with Crippen LogP contribution in [-0.2, 0) is 14.8 Å². The molecule has 1 aromatic carbocycles. The summed E-state index contributed by atoms with van der Waals surface area (Å²) in [6, 6.07) is 5.75. The van der Waals surface area contributed by atoms with Crippen molar-refractivity contribution in [1.29, 1.82) is 0 Å². The normalized spacial score (nSPS) is 16.6. The Morgan fingerprint density at radius 1 is 1.13 bits per heavy atom. The standard InChI is InChI=1S/C21H29FN4O3S/c1-14-19(15(2)26(24-14)18-8-6-17(22)7-9-18)30(28,29)25-12-10-16(11-13-25)20(27)23-21(3,4)5/h6-9,16H,10-13H2,1-5H3,(H,23,27). The molecule has 1 N–H and O–H groups in total. The number of halogens is 1. The smallest absolute Gasteiger partial charge is 0.246 e. The maximum atomic E-state index is 13.3. The summed E-state index contributed by atoms with van der Waals surface area (Å²) < 4.78 is 42.9. The summed E-state index contributed by atoms with van der Waals surface area (Å²) in [7, 11) is -3.76. The number of hydrogen-bond acceptors (Lipinski definition) is 4. The van der Waals surface area contributed by atoms with Crippen LogP contribution in [0.15, 0.2) is 29.2 Å². The number of sulfonamides is 1. The number of aromatic nitrogens is 2. The van der Waals surface area contributed by atoms with Gasteiger partial charge in [-0.3, -0.25) is 4.79 Å². The minimum absolute atomic E-state index is 0.0314. The fourth-order valence-electron chi connectivity index (χ4n) is 3.79. The van der Waals surface area contributed by atoms with Gasteiger partial charge in [0.05, 0.1) is 17.1 Å². The van der Waals surface area contributed by atoms with E-state index in [1.54, 1.807) is 26.0 Å². The van der Waals surface area contributed by atoms with Crippen LogP contribution in [0.2, 0.25) is 0 Å². The van der Waals surface area contributed by atoms with Crippen LogP contribution in [0.3, 0.4) is 0 Å². The largest absolute Gasteiger partial charge is 0.351 e. The second kappa shape index (κ2) is 8.11. The summed E-state index contributed by atoms with van der Waals surface area (Å²) >= 11 is 0. The zero-order chi connectivity index (χ0) is 22.3. The molecule has 1 amide bonds. The summed E-state index contributed by atoms with van der Waals surface area (Å²) in [5.41, 5.74) is 1.15. The lowest BCUT2D eigenvalue weighted by Crippen LogP contribution is -2.47. The van der Waals surface area contributed by atoms with Crippen molar-refractivity contribution in [2.24, 2.45) is 5.92 Å². The Bertz CT molecular complexity index is 1030. The first kappa shape index (κ1) is 22.4. The molecule has 9 heteroatoms. The molecule has 1 aliphatic rings.